The fourth-order valence-corrected chi connectivity index (χ4v) is 7.56. The lowest BCUT2D eigenvalue weighted by molar-refractivity contribution is 0.0700. The Kier molecular flexibility index (Phi) is 7.18. The van der Waals surface area contributed by atoms with Crippen molar-refractivity contribution in [3.8, 4) is 29.1 Å². The molecule has 5 aromatic rings. The molecule has 3 heterocycles. The van der Waals surface area contributed by atoms with Gasteiger partial charge in [-0.1, -0.05) is 18.2 Å². The summed E-state index contributed by atoms with van der Waals surface area (Å²) in [6.07, 6.45) is 5.27. The summed E-state index contributed by atoms with van der Waals surface area (Å²) in [4.78, 5) is 21.1. The Balaban J connectivity index is 1.19. The molecule has 0 spiro atoms. The van der Waals surface area contributed by atoms with Crippen LogP contribution in [0.1, 0.15) is 48.0 Å². The van der Waals surface area contributed by atoms with Gasteiger partial charge in [-0.2, -0.15) is 5.26 Å². The van der Waals surface area contributed by atoms with Gasteiger partial charge in [-0.25, -0.2) is 4.98 Å². The maximum Gasteiger partial charge on any atom is 0.254 e. The molecular weight excluding hydrogens is 576 g/mol. The Morgan fingerprint density at radius 2 is 1.87 bits per heavy atom. The first-order valence-electron chi connectivity index (χ1n) is 16.4. The Morgan fingerprint density at radius 1 is 1.04 bits per heavy atom. The van der Waals surface area contributed by atoms with Gasteiger partial charge in [-0.05, 0) is 92.5 Å². The van der Waals surface area contributed by atoms with E-state index in [1.165, 1.54) is 23.7 Å². The van der Waals surface area contributed by atoms with Crippen LogP contribution < -0.4 is 15.2 Å². The first kappa shape index (κ1) is 28.6. The zero-order valence-electron chi connectivity index (χ0n) is 26.1. The van der Waals surface area contributed by atoms with E-state index in [1.54, 1.807) is 19.2 Å². The molecule has 3 atom stereocenters. The van der Waals surface area contributed by atoms with E-state index in [0.717, 1.165) is 54.1 Å². The van der Waals surface area contributed by atoms with Crippen molar-refractivity contribution in [2.24, 2.45) is 17.6 Å². The number of piperidine rings is 1. The second-order valence-electron chi connectivity index (χ2n) is 13.1. The standard InChI is InChI=1S/C37H38N6O3/c1-45-33-19-27(37(44)43-22-26-11-14-31(43)34(26)39)17-29-35(33)41(15-4-16-46-28-12-9-23(20-38)10-13-28)36(40-29)32-18-25-5-2-3-6-30(25)42(32)21-24-7-8-24/h2-3,5-6,9-10,12-13,17-19,24,26,31,34H,4,7-8,11,14-16,21-22,39H2,1H3/t26?,31?,34-/m1/s1. The van der Waals surface area contributed by atoms with Crippen LogP contribution in [0.5, 0.6) is 11.5 Å². The average Bonchev–Trinajstić information content (AvgIpc) is 3.44. The van der Waals surface area contributed by atoms with Crippen LogP contribution in [0.25, 0.3) is 33.5 Å². The van der Waals surface area contributed by atoms with Gasteiger partial charge < -0.3 is 29.2 Å². The molecule has 1 amide bonds. The van der Waals surface area contributed by atoms with Gasteiger partial charge in [0.25, 0.3) is 5.91 Å². The second-order valence-corrected chi connectivity index (χ2v) is 13.1. The number of nitrogens with zero attached hydrogens (tertiary/aromatic N) is 5. The zero-order chi connectivity index (χ0) is 31.4. The number of likely N-dealkylation sites (tertiary alicyclic amines) is 1. The number of aryl methyl sites for hydroxylation is 1. The molecule has 234 valence electrons. The Labute approximate surface area is 268 Å². The van der Waals surface area contributed by atoms with Crippen LogP contribution >= 0.6 is 0 Å². The predicted octanol–water partition coefficient (Wildman–Crippen LogP) is 5.98. The number of fused-ring (bicyclic) bond motifs is 4. The third-order valence-electron chi connectivity index (χ3n) is 10.1. The molecule has 9 nitrogen and oxygen atoms in total. The van der Waals surface area contributed by atoms with E-state index < -0.39 is 0 Å². The lowest BCUT2D eigenvalue weighted by atomic mass is 10.1. The van der Waals surface area contributed by atoms with Crippen molar-refractivity contribution in [1.29, 1.82) is 5.26 Å². The first-order valence-corrected chi connectivity index (χ1v) is 16.4. The molecule has 8 rings (SSSR count). The average molecular weight is 615 g/mol. The van der Waals surface area contributed by atoms with Gasteiger partial charge in [0.05, 0.1) is 36.6 Å². The number of hydrogen-bond acceptors (Lipinski definition) is 6. The number of carbonyl (C=O) groups is 1. The Bertz CT molecular complexity index is 1980. The van der Waals surface area contributed by atoms with Gasteiger partial charge in [-0.3, -0.25) is 4.79 Å². The van der Waals surface area contributed by atoms with Gasteiger partial charge in [0, 0.05) is 48.2 Å². The lowest BCUT2D eigenvalue weighted by Gasteiger charge is -2.27. The largest absolute Gasteiger partial charge is 0.494 e. The molecule has 2 N–H and O–H groups in total. The monoisotopic (exact) mass is 614 g/mol. The number of aromatic nitrogens is 3. The van der Waals surface area contributed by atoms with E-state index in [4.69, 9.17) is 25.5 Å². The lowest BCUT2D eigenvalue weighted by Crippen LogP contribution is -2.41. The maximum atomic E-state index is 13.9. The molecule has 3 aromatic carbocycles. The van der Waals surface area contributed by atoms with E-state index >= 15 is 0 Å². The van der Waals surface area contributed by atoms with Crippen LogP contribution in [0, 0.1) is 23.2 Å². The quantitative estimate of drug-likeness (QED) is 0.194. The number of rotatable bonds is 10. The number of benzene rings is 3. The van der Waals surface area contributed by atoms with Crippen molar-refractivity contribution in [2.75, 3.05) is 20.3 Å². The minimum atomic E-state index is -0.00221. The van der Waals surface area contributed by atoms with Crippen LogP contribution in [-0.2, 0) is 13.1 Å². The third-order valence-corrected chi connectivity index (χ3v) is 10.1. The summed E-state index contributed by atoms with van der Waals surface area (Å²) in [6, 6.07) is 24.0. The molecule has 2 bridgehead atoms. The van der Waals surface area contributed by atoms with E-state index in [0.29, 0.717) is 48.4 Å². The highest BCUT2D eigenvalue weighted by atomic mass is 16.5. The van der Waals surface area contributed by atoms with Crippen molar-refractivity contribution in [3.05, 3.63) is 77.9 Å². The third kappa shape index (κ3) is 4.97. The van der Waals surface area contributed by atoms with Crippen molar-refractivity contribution >= 4 is 27.8 Å². The highest BCUT2D eigenvalue weighted by Crippen LogP contribution is 2.40. The molecule has 2 saturated carbocycles. The topological polar surface area (TPSA) is 111 Å². The molecule has 2 aromatic heterocycles. The van der Waals surface area contributed by atoms with Crippen LogP contribution in [0.2, 0.25) is 0 Å². The van der Waals surface area contributed by atoms with Gasteiger partial charge >= 0.3 is 0 Å². The summed E-state index contributed by atoms with van der Waals surface area (Å²) in [5, 5.41) is 10.3. The number of nitriles is 1. The summed E-state index contributed by atoms with van der Waals surface area (Å²) >= 11 is 0. The zero-order valence-corrected chi connectivity index (χ0v) is 26.1. The Hall–Kier alpha value is -4.81. The van der Waals surface area contributed by atoms with E-state index in [-0.39, 0.29) is 18.0 Å². The summed E-state index contributed by atoms with van der Waals surface area (Å²) < 4.78 is 16.7. The van der Waals surface area contributed by atoms with E-state index in [9.17, 15) is 4.79 Å². The fourth-order valence-electron chi connectivity index (χ4n) is 7.56. The Morgan fingerprint density at radius 3 is 2.59 bits per heavy atom. The molecule has 9 heteroatoms. The molecule has 2 unspecified atom stereocenters. The fraction of sp³-hybridized carbons (Fsp3) is 0.378. The number of methoxy groups -OCH3 is 1. The number of carbonyl (C=O) groups excluding carboxylic acids is 1. The molecule has 46 heavy (non-hydrogen) atoms. The predicted molar refractivity (Wildman–Crippen MR) is 177 cm³/mol. The van der Waals surface area contributed by atoms with Gasteiger partial charge in [0.1, 0.15) is 17.0 Å². The highest BCUT2D eigenvalue weighted by Gasteiger charge is 2.47. The molecule has 3 aliphatic rings. The van der Waals surface area contributed by atoms with Gasteiger partial charge in [0.2, 0.25) is 0 Å². The smallest absolute Gasteiger partial charge is 0.254 e. The first-order chi connectivity index (χ1) is 22.5. The minimum absolute atomic E-state index is 0.00221. The van der Waals surface area contributed by atoms with Crippen molar-refractivity contribution in [1.82, 2.24) is 19.0 Å². The van der Waals surface area contributed by atoms with Gasteiger partial charge in [0.15, 0.2) is 5.82 Å². The SMILES string of the molecule is COc1cc(C(=O)N2CC3CCC2[C@@H]3N)cc2nc(-c3cc4ccccc4n3CC3CC3)n(CCCOc3ccc(C#N)cc3)c12. The normalized spacial score (nSPS) is 20.5. The summed E-state index contributed by atoms with van der Waals surface area (Å²) in [7, 11) is 1.66. The van der Waals surface area contributed by atoms with Crippen LogP contribution in [0.15, 0.2) is 66.7 Å². The van der Waals surface area contributed by atoms with Crippen LogP contribution in [0.3, 0.4) is 0 Å². The summed E-state index contributed by atoms with van der Waals surface area (Å²) in [5.41, 5.74) is 11.5. The maximum absolute atomic E-state index is 13.9. The summed E-state index contributed by atoms with van der Waals surface area (Å²) in [6.45, 7) is 2.80. The van der Waals surface area contributed by atoms with Crippen molar-refractivity contribution in [3.63, 3.8) is 0 Å². The van der Waals surface area contributed by atoms with Crippen LogP contribution in [-0.4, -0.2) is 57.3 Å². The number of nitrogens with two attached hydrogens (primary N) is 1. The number of amides is 1. The van der Waals surface area contributed by atoms with Crippen LogP contribution in [0.4, 0.5) is 0 Å². The molecule has 0 radical (unpaired) electrons. The molecule has 1 aliphatic heterocycles. The second kappa shape index (κ2) is 11.5. The minimum Gasteiger partial charge on any atom is -0.494 e. The van der Waals surface area contributed by atoms with E-state index in [1.807, 2.05) is 29.2 Å². The number of ether oxygens (including phenoxy) is 2. The molecule has 3 fully saturated rings. The summed E-state index contributed by atoms with van der Waals surface area (Å²) in [5.74, 6) is 3.27. The number of imidazole rings is 1. The van der Waals surface area contributed by atoms with E-state index in [2.05, 4.69) is 45.5 Å². The molecule has 2 aliphatic carbocycles. The molecular formula is C37H38N6O3. The number of hydrogen-bond donors (Lipinski definition) is 1. The number of para-hydroxylation sites is 1. The highest BCUT2D eigenvalue weighted by molar-refractivity contribution is 6.00. The van der Waals surface area contributed by atoms with Gasteiger partial charge in [-0.15, -0.1) is 0 Å². The molecule has 1 saturated heterocycles. The van der Waals surface area contributed by atoms with Crippen molar-refractivity contribution in [2.45, 2.75) is 57.3 Å². The van der Waals surface area contributed by atoms with Crippen molar-refractivity contribution < 1.29 is 14.3 Å².